The molecule has 6 nitrogen and oxygen atoms in total. The number of hydrogen-bond donors (Lipinski definition) is 2. The minimum Gasteiger partial charge on any atom is -0.444 e. The third-order valence-electron chi connectivity index (χ3n) is 3.21. The van der Waals surface area contributed by atoms with E-state index < -0.39 is 11.7 Å². The van der Waals surface area contributed by atoms with Gasteiger partial charge in [0.1, 0.15) is 11.4 Å². The van der Waals surface area contributed by atoms with Crippen molar-refractivity contribution in [2.75, 3.05) is 0 Å². The Hall–Kier alpha value is -2.60. The molecule has 0 unspecified atom stereocenters. The van der Waals surface area contributed by atoms with Crippen LogP contribution < -0.4 is 15.8 Å². The van der Waals surface area contributed by atoms with Gasteiger partial charge in [-0.1, -0.05) is 12.1 Å². The molecule has 6 heteroatoms. The van der Waals surface area contributed by atoms with Crippen LogP contribution in [0.3, 0.4) is 0 Å². The third-order valence-corrected chi connectivity index (χ3v) is 3.21. The molecule has 1 aromatic heterocycles. The van der Waals surface area contributed by atoms with Crippen LogP contribution >= 0.6 is 0 Å². The van der Waals surface area contributed by atoms with Gasteiger partial charge in [0, 0.05) is 24.8 Å². The molecule has 0 aliphatic heterocycles. The molecular weight excluding hydrogens is 318 g/mol. The molecule has 0 radical (unpaired) electrons. The highest BCUT2D eigenvalue weighted by Crippen LogP contribution is 2.21. The lowest BCUT2D eigenvalue weighted by atomic mass is 10.2. The highest BCUT2D eigenvalue weighted by Gasteiger charge is 2.15. The first kappa shape index (κ1) is 18.7. The van der Waals surface area contributed by atoms with Crippen LogP contribution in [0.15, 0.2) is 36.4 Å². The van der Waals surface area contributed by atoms with E-state index in [1.54, 1.807) is 0 Å². The summed E-state index contributed by atoms with van der Waals surface area (Å²) in [5, 5.41) is 2.72. The van der Waals surface area contributed by atoms with E-state index in [1.165, 1.54) is 0 Å². The average molecular weight is 343 g/mol. The van der Waals surface area contributed by atoms with E-state index in [4.69, 9.17) is 15.2 Å². The van der Waals surface area contributed by atoms with E-state index in [0.29, 0.717) is 24.7 Å². The second kappa shape index (κ2) is 7.98. The standard InChI is InChI=1S/C19H25N3O3/c1-13-9-15(11-20)10-17(22-13)24-16-7-5-14(6-8-16)12-21-18(23)25-19(2,3)4/h5-10H,11-12,20H2,1-4H3,(H,21,23). The number of carbonyl (C=O) groups is 1. The van der Waals surface area contributed by atoms with E-state index >= 15 is 0 Å². The smallest absolute Gasteiger partial charge is 0.407 e. The summed E-state index contributed by atoms with van der Waals surface area (Å²) < 4.78 is 11.0. The lowest BCUT2D eigenvalue weighted by Crippen LogP contribution is -2.32. The molecule has 25 heavy (non-hydrogen) atoms. The van der Waals surface area contributed by atoms with Gasteiger partial charge < -0.3 is 20.5 Å². The van der Waals surface area contributed by atoms with Gasteiger partial charge >= 0.3 is 6.09 Å². The maximum atomic E-state index is 11.7. The Bertz CT molecular complexity index is 722. The molecule has 0 saturated heterocycles. The Labute approximate surface area is 148 Å². The quantitative estimate of drug-likeness (QED) is 0.865. The first-order chi connectivity index (χ1) is 11.7. The van der Waals surface area contributed by atoms with Crippen molar-refractivity contribution >= 4 is 6.09 Å². The summed E-state index contributed by atoms with van der Waals surface area (Å²) in [4.78, 5) is 16.0. The average Bonchev–Trinajstić information content (AvgIpc) is 2.52. The number of nitrogens with zero attached hydrogens (tertiary/aromatic N) is 1. The second-order valence-electron chi connectivity index (χ2n) is 6.76. The van der Waals surface area contributed by atoms with Crippen molar-refractivity contribution in [1.82, 2.24) is 10.3 Å². The number of rotatable bonds is 5. The highest BCUT2D eigenvalue weighted by atomic mass is 16.6. The maximum absolute atomic E-state index is 11.7. The number of amides is 1. The van der Waals surface area contributed by atoms with Crippen molar-refractivity contribution in [2.24, 2.45) is 5.73 Å². The highest BCUT2D eigenvalue weighted by molar-refractivity contribution is 5.67. The Balaban J connectivity index is 1.94. The number of alkyl carbamates (subject to hydrolysis) is 1. The summed E-state index contributed by atoms with van der Waals surface area (Å²) in [6.45, 7) is 8.21. The summed E-state index contributed by atoms with van der Waals surface area (Å²) in [5.74, 6) is 1.18. The van der Waals surface area contributed by atoms with Crippen LogP contribution in [-0.2, 0) is 17.8 Å². The lowest BCUT2D eigenvalue weighted by molar-refractivity contribution is 0.0523. The van der Waals surface area contributed by atoms with Gasteiger partial charge in [0.15, 0.2) is 0 Å². The van der Waals surface area contributed by atoms with Crippen LogP contribution in [0.25, 0.3) is 0 Å². The molecule has 2 aromatic rings. The van der Waals surface area contributed by atoms with Crippen molar-refractivity contribution in [3.05, 3.63) is 53.2 Å². The zero-order valence-electron chi connectivity index (χ0n) is 15.1. The molecule has 1 heterocycles. The molecular formula is C19H25N3O3. The topological polar surface area (TPSA) is 86.5 Å². The number of ether oxygens (including phenoxy) is 2. The van der Waals surface area contributed by atoms with Crippen LogP contribution in [-0.4, -0.2) is 16.7 Å². The summed E-state index contributed by atoms with van der Waals surface area (Å²) in [7, 11) is 0. The normalized spacial score (nSPS) is 11.1. The maximum Gasteiger partial charge on any atom is 0.407 e. The third kappa shape index (κ3) is 6.43. The summed E-state index contributed by atoms with van der Waals surface area (Å²) in [6.07, 6.45) is -0.439. The van der Waals surface area contributed by atoms with Crippen molar-refractivity contribution in [3.8, 4) is 11.6 Å². The van der Waals surface area contributed by atoms with E-state index in [0.717, 1.165) is 16.8 Å². The largest absolute Gasteiger partial charge is 0.444 e. The number of nitrogens with one attached hydrogen (secondary N) is 1. The van der Waals surface area contributed by atoms with E-state index in [2.05, 4.69) is 10.3 Å². The second-order valence-corrected chi connectivity index (χ2v) is 6.76. The Kier molecular flexibility index (Phi) is 5.98. The summed E-state index contributed by atoms with van der Waals surface area (Å²) >= 11 is 0. The van der Waals surface area contributed by atoms with Gasteiger partial charge in [0.05, 0.1) is 0 Å². The van der Waals surface area contributed by atoms with Crippen LogP contribution in [0, 0.1) is 6.92 Å². The fourth-order valence-corrected chi connectivity index (χ4v) is 2.16. The number of nitrogens with two attached hydrogens (primary N) is 1. The molecule has 0 saturated carbocycles. The first-order valence-electron chi connectivity index (χ1n) is 8.16. The number of aromatic nitrogens is 1. The van der Waals surface area contributed by atoms with Crippen LogP contribution in [0.4, 0.5) is 4.79 Å². The van der Waals surface area contributed by atoms with Crippen molar-refractivity contribution in [2.45, 2.75) is 46.4 Å². The Morgan fingerprint density at radius 3 is 2.44 bits per heavy atom. The van der Waals surface area contributed by atoms with Crippen molar-refractivity contribution in [1.29, 1.82) is 0 Å². The predicted octanol–water partition coefficient (Wildman–Crippen LogP) is 3.67. The lowest BCUT2D eigenvalue weighted by Gasteiger charge is -2.19. The number of benzene rings is 1. The number of pyridine rings is 1. The van der Waals surface area contributed by atoms with Gasteiger partial charge in [0.25, 0.3) is 0 Å². The molecule has 3 N–H and O–H groups in total. The zero-order chi connectivity index (χ0) is 18.4. The van der Waals surface area contributed by atoms with Gasteiger partial charge in [0.2, 0.25) is 5.88 Å². The SMILES string of the molecule is Cc1cc(CN)cc(Oc2ccc(CNC(=O)OC(C)(C)C)cc2)n1. The number of carbonyl (C=O) groups excluding carboxylic acids is 1. The van der Waals surface area contributed by atoms with Gasteiger partial charge in [-0.25, -0.2) is 9.78 Å². The minimum absolute atomic E-state index is 0.384. The molecule has 2 rings (SSSR count). The zero-order valence-corrected chi connectivity index (χ0v) is 15.1. The van der Waals surface area contributed by atoms with Crippen LogP contribution in [0.2, 0.25) is 0 Å². The number of aryl methyl sites for hydroxylation is 1. The molecule has 1 amide bonds. The minimum atomic E-state index is -0.509. The number of hydrogen-bond acceptors (Lipinski definition) is 5. The molecule has 0 bridgehead atoms. The van der Waals surface area contributed by atoms with Gasteiger partial charge in [-0.15, -0.1) is 0 Å². The monoisotopic (exact) mass is 343 g/mol. The fourth-order valence-electron chi connectivity index (χ4n) is 2.16. The molecule has 134 valence electrons. The molecule has 0 atom stereocenters. The van der Waals surface area contributed by atoms with Crippen molar-refractivity contribution in [3.63, 3.8) is 0 Å². The fraction of sp³-hybridized carbons (Fsp3) is 0.368. The molecule has 1 aromatic carbocycles. The van der Waals surface area contributed by atoms with Crippen molar-refractivity contribution < 1.29 is 14.3 Å². The van der Waals surface area contributed by atoms with Gasteiger partial charge in [-0.05, 0) is 57.0 Å². The van der Waals surface area contributed by atoms with Crippen LogP contribution in [0.1, 0.15) is 37.6 Å². The van der Waals surface area contributed by atoms with E-state index in [1.807, 2.05) is 64.1 Å². The molecule has 0 fully saturated rings. The Morgan fingerprint density at radius 2 is 1.84 bits per heavy atom. The van der Waals surface area contributed by atoms with Gasteiger partial charge in [-0.3, -0.25) is 0 Å². The van der Waals surface area contributed by atoms with Crippen LogP contribution in [0.5, 0.6) is 11.6 Å². The first-order valence-corrected chi connectivity index (χ1v) is 8.16. The van der Waals surface area contributed by atoms with E-state index in [-0.39, 0.29) is 0 Å². The van der Waals surface area contributed by atoms with E-state index in [9.17, 15) is 4.79 Å². The summed E-state index contributed by atoms with van der Waals surface area (Å²) in [5.41, 5.74) is 7.93. The summed E-state index contributed by atoms with van der Waals surface area (Å²) in [6, 6.07) is 11.2. The van der Waals surface area contributed by atoms with Gasteiger partial charge in [-0.2, -0.15) is 0 Å². The molecule has 0 aliphatic carbocycles. The molecule has 0 spiro atoms. The molecule has 0 aliphatic rings. The Morgan fingerprint density at radius 1 is 1.16 bits per heavy atom. The predicted molar refractivity (Wildman–Crippen MR) is 96.5 cm³/mol.